The lowest BCUT2D eigenvalue weighted by Gasteiger charge is -2.30. The molecular formula is C28H28F3N7O2. The monoisotopic (exact) mass is 551 g/mol. The van der Waals surface area contributed by atoms with Gasteiger partial charge < -0.3 is 18.9 Å². The van der Waals surface area contributed by atoms with Gasteiger partial charge in [0.2, 0.25) is 5.88 Å². The van der Waals surface area contributed by atoms with Crippen LogP contribution in [0.25, 0.3) is 22.8 Å². The van der Waals surface area contributed by atoms with E-state index in [-0.39, 0.29) is 11.9 Å². The molecule has 1 aliphatic heterocycles. The molecule has 9 nitrogen and oxygen atoms in total. The Morgan fingerprint density at radius 3 is 2.52 bits per heavy atom. The van der Waals surface area contributed by atoms with Gasteiger partial charge in [0.15, 0.2) is 23.1 Å². The average molecular weight is 552 g/mol. The van der Waals surface area contributed by atoms with Crippen molar-refractivity contribution < 1.29 is 22.6 Å². The van der Waals surface area contributed by atoms with Crippen LogP contribution in [-0.2, 0) is 19.8 Å². The molecular weight excluding hydrogens is 523 g/mol. The highest BCUT2D eigenvalue weighted by Gasteiger charge is 2.35. The van der Waals surface area contributed by atoms with Crippen molar-refractivity contribution in [2.75, 3.05) is 18.1 Å². The van der Waals surface area contributed by atoms with Crippen LogP contribution in [0.3, 0.4) is 0 Å². The summed E-state index contributed by atoms with van der Waals surface area (Å²) in [5.74, 6) is 2.77. The molecule has 208 valence electrons. The number of anilines is 1. The van der Waals surface area contributed by atoms with Gasteiger partial charge in [-0.3, -0.25) is 0 Å². The van der Waals surface area contributed by atoms with Crippen LogP contribution in [0.5, 0.6) is 11.6 Å². The number of aromatic nitrogens is 6. The summed E-state index contributed by atoms with van der Waals surface area (Å²) in [4.78, 5) is 24.3. The molecule has 1 fully saturated rings. The molecule has 0 radical (unpaired) electrons. The summed E-state index contributed by atoms with van der Waals surface area (Å²) in [6.07, 6.45) is 1.74. The van der Waals surface area contributed by atoms with E-state index in [2.05, 4.69) is 24.8 Å². The van der Waals surface area contributed by atoms with E-state index >= 15 is 0 Å². The Morgan fingerprint density at radius 1 is 1.07 bits per heavy atom. The van der Waals surface area contributed by atoms with Crippen molar-refractivity contribution in [2.24, 2.45) is 7.05 Å². The standard InChI is InChI=1S/C28H28F3N7O2/c1-16(2)40-27-22(23(18-8-9-18)33-15-34-27)24-32-12-20-26(36-24)38(10-11-39-20)13-17-4-6-19(7-5-17)25-35-21(14-37(25)3)28(29,30)31/h4-7,12,14-16,18H,8-11,13H2,1-3H3. The molecule has 12 heteroatoms. The number of imidazole rings is 1. The predicted octanol–water partition coefficient (Wildman–Crippen LogP) is 5.42. The second kappa shape index (κ2) is 10.1. The van der Waals surface area contributed by atoms with Gasteiger partial charge in [-0.25, -0.2) is 24.9 Å². The molecule has 6 rings (SSSR count). The van der Waals surface area contributed by atoms with Crippen molar-refractivity contribution >= 4 is 5.82 Å². The van der Waals surface area contributed by atoms with Crippen molar-refractivity contribution in [3.8, 4) is 34.4 Å². The molecule has 2 aliphatic rings. The van der Waals surface area contributed by atoms with Gasteiger partial charge in [-0.2, -0.15) is 13.2 Å². The van der Waals surface area contributed by atoms with Crippen molar-refractivity contribution in [1.82, 2.24) is 29.5 Å². The molecule has 0 saturated heterocycles. The first-order valence-corrected chi connectivity index (χ1v) is 13.1. The van der Waals surface area contributed by atoms with E-state index in [9.17, 15) is 13.2 Å². The van der Waals surface area contributed by atoms with Crippen LogP contribution < -0.4 is 14.4 Å². The second-order valence-corrected chi connectivity index (χ2v) is 10.3. The van der Waals surface area contributed by atoms with Gasteiger partial charge >= 0.3 is 6.18 Å². The quantitative estimate of drug-likeness (QED) is 0.301. The van der Waals surface area contributed by atoms with Crippen LogP contribution in [-0.4, -0.2) is 48.7 Å². The molecule has 1 saturated carbocycles. The van der Waals surface area contributed by atoms with Gasteiger partial charge in [0.25, 0.3) is 0 Å². The van der Waals surface area contributed by atoms with Gasteiger partial charge in [-0.05, 0) is 32.3 Å². The van der Waals surface area contributed by atoms with E-state index in [0.29, 0.717) is 60.0 Å². The number of aryl methyl sites for hydroxylation is 1. The zero-order valence-corrected chi connectivity index (χ0v) is 22.3. The Kier molecular flexibility index (Phi) is 6.55. The van der Waals surface area contributed by atoms with Crippen molar-refractivity contribution in [2.45, 2.75) is 51.4 Å². The average Bonchev–Trinajstić information content (AvgIpc) is 3.69. The van der Waals surface area contributed by atoms with E-state index in [1.54, 1.807) is 25.4 Å². The van der Waals surface area contributed by atoms with Gasteiger partial charge in [-0.15, -0.1) is 0 Å². The van der Waals surface area contributed by atoms with Crippen molar-refractivity contribution in [3.63, 3.8) is 0 Å². The summed E-state index contributed by atoms with van der Waals surface area (Å²) in [6, 6.07) is 7.34. The van der Waals surface area contributed by atoms with Crippen LogP contribution in [0.2, 0.25) is 0 Å². The summed E-state index contributed by atoms with van der Waals surface area (Å²) < 4.78 is 52.6. The molecule has 4 aromatic rings. The molecule has 1 aromatic carbocycles. The lowest BCUT2D eigenvalue weighted by molar-refractivity contribution is -0.140. The fourth-order valence-electron chi connectivity index (χ4n) is 4.76. The van der Waals surface area contributed by atoms with E-state index in [0.717, 1.165) is 30.3 Å². The first-order chi connectivity index (χ1) is 19.2. The van der Waals surface area contributed by atoms with Crippen LogP contribution >= 0.6 is 0 Å². The van der Waals surface area contributed by atoms with E-state index in [1.807, 2.05) is 26.0 Å². The van der Waals surface area contributed by atoms with Gasteiger partial charge in [0, 0.05) is 31.3 Å². The fraction of sp³-hybridized carbons (Fsp3) is 0.393. The topological polar surface area (TPSA) is 91.1 Å². The summed E-state index contributed by atoms with van der Waals surface area (Å²) in [5.41, 5.74) is 2.26. The first kappa shape index (κ1) is 26.0. The summed E-state index contributed by atoms with van der Waals surface area (Å²) in [6.45, 7) is 5.50. The molecule has 0 N–H and O–H groups in total. The second-order valence-electron chi connectivity index (χ2n) is 10.3. The summed E-state index contributed by atoms with van der Waals surface area (Å²) in [5, 5.41) is 0. The minimum Gasteiger partial charge on any atom is -0.486 e. The lowest BCUT2D eigenvalue weighted by Crippen LogP contribution is -2.33. The molecule has 0 bridgehead atoms. The molecule has 40 heavy (non-hydrogen) atoms. The highest BCUT2D eigenvalue weighted by atomic mass is 19.4. The molecule has 3 aromatic heterocycles. The van der Waals surface area contributed by atoms with E-state index < -0.39 is 11.9 Å². The molecule has 0 atom stereocenters. The smallest absolute Gasteiger partial charge is 0.434 e. The molecule has 0 unspecified atom stereocenters. The Bertz CT molecular complexity index is 1530. The Balaban J connectivity index is 1.29. The number of fused-ring (bicyclic) bond motifs is 1. The maximum Gasteiger partial charge on any atom is 0.434 e. The number of nitrogens with zero attached hydrogens (tertiary/aromatic N) is 7. The SMILES string of the molecule is CC(C)Oc1ncnc(C2CC2)c1-c1ncc2c(n1)N(Cc1ccc(-c3nc(C(F)(F)F)cn3C)cc1)CCO2. The Morgan fingerprint density at radius 2 is 1.85 bits per heavy atom. The molecule has 1 aliphatic carbocycles. The van der Waals surface area contributed by atoms with Crippen molar-refractivity contribution in [3.05, 3.63) is 59.9 Å². The lowest BCUT2D eigenvalue weighted by atomic mass is 10.1. The number of halogens is 3. The third-order valence-corrected chi connectivity index (χ3v) is 6.78. The molecule has 0 spiro atoms. The molecule has 4 heterocycles. The predicted molar refractivity (Wildman–Crippen MR) is 141 cm³/mol. The van der Waals surface area contributed by atoms with Gasteiger partial charge in [-0.1, -0.05) is 24.3 Å². The third-order valence-electron chi connectivity index (χ3n) is 6.78. The highest BCUT2D eigenvalue weighted by Crippen LogP contribution is 2.45. The summed E-state index contributed by atoms with van der Waals surface area (Å²) >= 11 is 0. The third kappa shape index (κ3) is 5.17. The van der Waals surface area contributed by atoms with Crippen LogP contribution in [0, 0.1) is 0 Å². The maximum absolute atomic E-state index is 13.1. The van der Waals surface area contributed by atoms with Gasteiger partial charge in [0.1, 0.15) is 24.3 Å². The number of hydrogen-bond acceptors (Lipinski definition) is 8. The first-order valence-electron chi connectivity index (χ1n) is 13.1. The minimum atomic E-state index is -4.49. The van der Waals surface area contributed by atoms with Crippen molar-refractivity contribution in [1.29, 1.82) is 0 Å². The maximum atomic E-state index is 13.1. The highest BCUT2D eigenvalue weighted by molar-refractivity contribution is 5.69. The van der Waals surface area contributed by atoms with E-state index in [1.165, 1.54) is 10.9 Å². The van der Waals surface area contributed by atoms with Crippen LogP contribution in [0.4, 0.5) is 19.0 Å². The zero-order valence-electron chi connectivity index (χ0n) is 22.3. The number of benzene rings is 1. The number of hydrogen-bond donors (Lipinski definition) is 0. The van der Waals surface area contributed by atoms with Gasteiger partial charge in [0.05, 0.1) is 24.5 Å². The number of rotatable bonds is 7. The minimum absolute atomic E-state index is 0.0769. The largest absolute Gasteiger partial charge is 0.486 e. The van der Waals surface area contributed by atoms with E-state index in [4.69, 9.17) is 14.5 Å². The Hall–Kier alpha value is -4.22. The zero-order chi connectivity index (χ0) is 28.0. The van der Waals surface area contributed by atoms with Crippen LogP contribution in [0.15, 0.2) is 43.0 Å². The molecule has 0 amide bonds. The normalized spacial score (nSPS) is 15.2. The van der Waals surface area contributed by atoms with Crippen LogP contribution in [0.1, 0.15) is 49.6 Å². The Labute approximate surface area is 229 Å². The fourth-order valence-corrected chi connectivity index (χ4v) is 4.76. The number of alkyl halides is 3. The summed E-state index contributed by atoms with van der Waals surface area (Å²) in [7, 11) is 1.55. The number of ether oxygens (including phenoxy) is 2.